The number of hydrogen-bond donors (Lipinski definition) is 1. The summed E-state index contributed by atoms with van der Waals surface area (Å²) < 4.78 is 10.3. The van der Waals surface area contributed by atoms with Gasteiger partial charge in [0.25, 0.3) is 0 Å². The number of rotatable bonds is 7. The van der Waals surface area contributed by atoms with E-state index in [1.807, 2.05) is 0 Å². The lowest BCUT2D eigenvalue weighted by Crippen LogP contribution is -2.41. The first kappa shape index (κ1) is 16.8. The lowest BCUT2D eigenvalue weighted by Gasteiger charge is -2.25. The number of benzene rings is 1. The summed E-state index contributed by atoms with van der Waals surface area (Å²) in [4.78, 5) is 24.5. The van der Waals surface area contributed by atoms with Crippen molar-refractivity contribution in [3.05, 3.63) is 23.8 Å². The fourth-order valence-electron chi connectivity index (χ4n) is 1.97. The van der Waals surface area contributed by atoms with Gasteiger partial charge in [-0.25, -0.2) is 0 Å². The van der Waals surface area contributed by atoms with Crippen LogP contribution in [0.25, 0.3) is 0 Å². The second-order valence-corrected chi connectivity index (χ2v) is 4.86. The van der Waals surface area contributed by atoms with Crippen molar-refractivity contribution < 1.29 is 24.2 Å². The van der Waals surface area contributed by atoms with Crippen LogP contribution in [0.5, 0.6) is 11.5 Å². The van der Waals surface area contributed by atoms with Crippen molar-refractivity contribution in [2.45, 2.75) is 26.3 Å². The fourth-order valence-corrected chi connectivity index (χ4v) is 1.97. The molecule has 0 aliphatic heterocycles. The highest BCUT2D eigenvalue weighted by atomic mass is 16.5. The van der Waals surface area contributed by atoms with Crippen LogP contribution < -0.4 is 9.47 Å². The first-order valence-electron chi connectivity index (χ1n) is 6.61. The molecule has 21 heavy (non-hydrogen) atoms. The molecule has 0 saturated heterocycles. The molecule has 0 aliphatic rings. The van der Waals surface area contributed by atoms with Crippen LogP contribution in [0.2, 0.25) is 0 Å². The van der Waals surface area contributed by atoms with Crippen LogP contribution in [-0.2, 0) is 16.0 Å². The minimum atomic E-state index is -1.03. The van der Waals surface area contributed by atoms with Gasteiger partial charge in [0.05, 0.1) is 20.6 Å². The molecule has 1 N–H and O–H groups in total. The minimum absolute atomic E-state index is 0.0820. The summed E-state index contributed by atoms with van der Waals surface area (Å²) in [5.41, 5.74) is 0.694. The van der Waals surface area contributed by atoms with Crippen LogP contribution in [0.1, 0.15) is 19.4 Å². The summed E-state index contributed by atoms with van der Waals surface area (Å²) in [5, 5.41) is 8.88. The number of amides is 1. The average Bonchev–Trinajstić information content (AvgIpc) is 2.44. The summed E-state index contributed by atoms with van der Waals surface area (Å²) in [6.45, 7) is 3.26. The number of carbonyl (C=O) groups excluding carboxylic acids is 1. The van der Waals surface area contributed by atoms with Gasteiger partial charge in [0.1, 0.15) is 18.0 Å². The van der Waals surface area contributed by atoms with Crippen molar-refractivity contribution in [1.29, 1.82) is 0 Å². The van der Waals surface area contributed by atoms with Gasteiger partial charge < -0.3 is 19.5 Å². The molecule has 1 amide bonds. The van der Waals surface area contributed by atoms with Gasteiger partial charge in [0.2, 0.25) is 5.91 Å². The third kappa shape index (κ3) is 4.66. The van der Waals surface area contributed by atoms with E-state index in [0.717, 1.165) is 0 Å². The molecule has 0 heterocycles. The highest BCUT2D eigenvalue weighted by Gasteiger charge is 2.21. The van der Waals surface area contributed by atoms with E-state index in [0.29, 0.717) is 17.1 Å². The zero-order valence-electron chi connectivity index (χ0n) is 12.8. The predicted octanol–water partition coefficient (Wildman–Crippen LogP) is 1.57. The molecule has 116 valence electrons. The van der Waals surface area contributed by atoms with E-state index in [2.05, 4.69) is 0 Å². The topological polar surface area (TPSA) is 76.1 Å². The molecule has 1 aromatic carbocycles. The van der Waals surface area contributed by atoms with Crippen molar-refractivity contribution in [2.75, 3.05) is 20.8 Å². The predicted molar refractivity (Wildman–Crippen MR) is 77.7 cm³/mol. The third-order valence-corrected chi connectivity index (χ3v) is 3.09. The SMILES string of the molecule is COc1ccc(CC(=O)N(CC(=O)O)C(C)C)c(OC)c1. The number of aliphatic carboxylic acids is 1. The summed E-state index contributed by atoms with van der Waals surface area (Å²) in [6.07, 6.45) is 0.0820. The van der Waals surface area contributed by atoms with Crippen LogP contribution >= 0.6 is 0 Å². The van der Waals surface area contributed by atoms with Gasteiger partial charge >= 0.3 is 5.97 Å². The maximum Gasteiger partial charge on any atom is 0.323 e. The Kier molecular flexibility index (Phi) is 6.02. The van der Waals surface area contributed by atoms with Crippen LogP contribution in [0.4, 0.5) is 0 Å². The lowest BCUT2D eigenvalue weighted by atomic mass is 10.1. The van der Waals surface area contributed by atoms with Gasteiger partial charge in [-0.3, -0.25) is 9.59 Å². The zero-order chi connectivity index (χ0) is 16.0. The van der Waals surface area contributed by atoms with Crippen molar-refractivity contribution in [3.63, 3.8) is 0 Å². The van der Waals surface area contributed by atoms with Crippen LogP contribution in [0.3, 0.4) is 0 Å². The zero-order valence-corrected chi connectivity index (χ0v) is 12.8. The minimum Gasteiger partial charge on any atom is -0.497 e. The average molecular weight is 295 g/mol. The van der Waals surface area contributed by atoms with E-state index < -0.39 is 5.97 Å². The Labute approximate surface area is 124 Å². The Morgan fingerprint density at radius 3 is 2.38 bits per heavy atom. The number of carbonyl (C=O) groups is 2. The Bertz CT molecular complexity index is 513. The molecule has 0 unspecified atom stereocenters. The van der Waals surface area contributed by atoms with Gasteiger partial charge in [-0.15, -0.1) is 0 Å². The summed E-state index contributed by atoms with van der Waals surface area (Å²) in [5.74, 6) is -0.106. The summed E-state index contributed by atoms with van der Waals surface area (Å²) >= 11 is 0. The highest BCUT2D eigenvalue weighted by molar-refractivity contribution is 5.83. The van der Waals surface area contributed by atoms with Gasteiger partial charge in [-0.1, -0.05) is 6.07 Å². The number of carboxylic acid groups (broad SMARTS) is 1. The van der Waals surface area contributed by atoms with Gasteiger partial charge in [-0.2, -0.15) is 0 Å². The van der Waals surface area contributed by atoms with Gasteiger partial charge in [-0.05, 0) is 19.9 Å². The number of methoxy groups -OCH3 is 2. The molecule has 6 heteroatoms. The van der Waals surface area contributed by atoms with Crippen molar-refractivity contribution >= 4 is 11.9 Å². The smallest absolute Gasteiger partial charge is 0.323 e. The van der Waals surface area contributed by atoms with E-state index >= 15 is 0 Å². The summed E-state index contributed by atoms with van der Waals surface area (Å²) in [7, 11) is 3.06. The molecule has 1 rings (SSSR count). The maximum absolute atomic E-state index is 12.3. The second-order valence-electron chi connectivity index (χ2n) is 4.86. The first-order valence-corrected chi connectivity index (χ1v) is 6.61. The molecule has 0 aromatic heterocycles. The second kappa shape index (κ2) is 7.52. The molecule has 0 saturated carbocycles. The molecule has 0 spiro atoms. The van der Waals surface area contributed by atoms with E-state index in [-0.39, 0.29) is 24.9 Å². The largest absolute Gasteiger partial charge is 0.497 e. The number of ether oxygens (including phenoxy) is 2. The molecule has 0 atom stereocenters. The quantitative estimate of drug-likeness (QED) is 0.826. The van der Waals surface area contributed by atoms with Crippen molar-refractivity contribution in [1.82, 2.24) is 4.90 Å². The van der Waals surface area contributed by atoms with E-state index in [9.17, 15) is 9.59 Å². The van der Waals surface area contributed by atoms with E-state index in [4.69, 9.17) is 14.6 Å². The van der Waals surface area contributed by atoms with Crippen LogP contribution in [-0.4, -0.2) is 48.7 Å². The van der Waals surface area contributed by atoms with Gasteiger partial charge in [0.15, 0.2) is 0 Å². The standard InChI is InChI=1S/C15H21NO5/c1-10(2)16(9-15(18)19)14(17)7-11-5-6-12(20-3)8-13(11)21-4/h5-6,8,10H,7,9H2,1-4H3,(H,18,19). The molecule has 0 bridgehead atoms. The number of hydrogen-bond acceptors (Lipinski definition) is 4. The molecule has 1 aromatic rings. The molecular weight excluding hydrogens is 274 g/mol. The lowest BCUT2D eigenvalue weighted by molar-refractivity contribution is -0.145. The number of nitrogens with zero attached hydrogens (tertiary/aromatic N) is 1. The third-order valence-electron chi connectivity index (χ3n) is 3.09. The Morgan fingerprint density at radius 2 is 1.90 bits per heavy atom. The molecular formula is C15H21NO5. The van der Waals surface area contributed by atoms with E-state index in [1.54, 1.807) is 39.2 Å². The van der Waals surface area contributed by atoms with E-state index in [1.165, 1.54) is 12.0 Å². The molecule has 0 aliphatic carbocycles. The Balaban J connectivity index is 2.92. The van der Waals surface area contributed by atoms with Crippen LogP contribution in [0, 0.1) is 0 Å². The normalized spacial score (nSPS) is 10.3. The highest BCUT2D eigenvalue weighted by Crippen LogP contribution is 2.25. The summed E-state index contributed by atoms with van der Waals surface area (Å²) in [6, 6.07) is 4.99. The number of carboxylic acids is 1. The molecule has 0 radical (unpaired) electrons. The fraction of sp³-hybridized carbons (Fsp3) is 0.467. The Hall–Kier alpha value is -2.24. The van der Waals surface area contributed by atoms with Crippen LogP contribution in [0.15, 0.2) is 18.2 Å². The maximum atomic E-state index is 12.3. The van der Waals surface area contributed by atoms with Gasteiger partial charge in [0, 0.05) is 17.7 Å². The Morgan fingerprint density at radius 1 is 1.24 bits per heavy atom. The molecule has 0 fully saturated rings. The molecule has 6 nitrogen and oxygen atoms in total. The monoisotopic (exact) mass is 295 g/mol. The first-order chi connectivity index (χ1) is 9.88. The van der Waals surface area contributed by atoms with Crippen molar-refractivity contribution in [3.8, 4) is 11.5 Å². The van der Waals surface area contributed by atoms with Crippen molar-refractivity contribution in [2.24, 2.45) is 0 Å².